The molecule has 0 aliphatic heterocycles. The van der Waals surface area contributed by atoms with E-state index in [4.69, 9.17) is 0 Å². The van der Waals surface area contributed by atoms with Crippen LogP contribution in [-0.4, -0.2) is 18.9 Å². The zero-order chi connectivity index (χ0) is 12.6. The molecule has 17 heavy (non-hydrogen) atoms. The van der Waals surface area contributed by atoms with E-state index in [9.17, 15) is 14.0 Å². The van der Waals surface area contributed by atoms with Crippen LogP contribution in [0.3, 0.4) is 0 Å². The van der Waals surface area contributed by atoms with Gasteiger partial charge in [0.25, 0.3) is 0 Å². The number of halogens is 2. The maximum absolute atomic E-state index is 13.6. The fourth-order valence-electron chi connectivity index (χ4n) is 2.04. The van der Waals surface area contributed by atoms with Gasteiger partial charge in [-0.1, -0.05) is 15.9 Å². The molecule has 1 unspecified atom stereocenters. The summed E-state index contributed by atoms with van der Waals surface area (Å²) in [7, 11) is 1.27. The van der Waals surface area contributed by atoms with Crippen molar-refractivity contribution in [3.05, 3.63) is 33.5 Å². The van der Waals surface area contributed by atoms with E-state index in [1.165, 1.54) is 13.2 Å². The Morgan fingerprint density at radius 3 is 2.94 bits per heavy atom. The molecule has 1 aromatic carbocycles. The van der Waals surface area contributed by atoms with Crippen LogP contribution in [0.25, 0.3) is 0 Å². The second-order valence-corrected chi connectivity index (χ2v) is 4.87. The van der Waals surface area contributed by atoms with Crippen molar-refractivity contribution in [3.63, 3.8) is 0 Å². The summed E-state index contributed by atoms with van der Waals surface area (Å²) in [6.07, 6.45) is 0.267. The third-order valence-corrected chi connectivity index (χ3v) is 3.35. The van der Waals surface area contributed by atoms with E-state index in [0.29, 0.717) is 15.6 Å². The van der Waals surface area contributed by atoms with Gasteiger partial charge in [-0.2, -0.15) is 0 Å². The summed E-state index contributed by atoms with van der Waals surface area (Å²) in [6, 6.07) is 2.92. The number of hydrogen-bond donors (Lipinski definition) is 0. The summed E-state index contributed by atoms with van der Waals surface area (Å²) in [5.74, 6) is -1.54. The van der Waals surface area contributed by atoms with Crippen LogP contribution >= 0.6 is 15.9 Å². The van der Waals surface area contributed by atoms with E-state index in [1.54, 1.807) is 6.07 Å². The molecule has 0 saturated heterocycles. The number of methoxy groups -OCH3 is 1. The zero-order valence-electron chi connectivity index (χ0n) is 9.13. The number of carbonyl (C=O) groups is 2. The van der Waals surface area contributed by atoms with Crippen molar-refractivity contribution in [1.82, 2.24) is 0 Å². The van der Waals surface area contributed by atoms with E-state index in [-0.39, 0.29) is 18.6 Å². The van der Waals surface area contributed by atoms with Gasteiger partial charge in [0.15, 0.2) is 5.78 Å². The standard InChI is InChI=1S/C12H10BrFO3/c1-17-11(15)3-6-2-8-9(12(6)16)4-7(13)5-10(8)14/h4-6H,2-3H2,1H3. The second kappa shape index (κ2) is 4.56. The van der Waals surface area contributed by atoms with Crippen molar-refractivity contribution in [2.24, 2.45) is 5.92 Å². The van der Waals surface area contributed by atoms with Gasteiger partial charge in [-0.25, -0.2) is 4.39 Å². The molecule has 1 aliphatic rings. The van der Waals surface area contributed by atoms with Crippen molar-refractivity contribution in [2.75, 3.05) is 7.11 Å². The molecule has 1 aliphatic carbocycles. The predicted molar refractivity (Wildman–Crippen MR) is 62.3 cm³/mol. The molecule has 1 aromatic rings. The Bertz CT molecular complexity index is 499. The van der Waals surface area contributed by atoms with Crippen LogP contribution in [0.2, 0.25) is 0 Å². The highest BCUT2D eigenvalue weighted by atomic mass is 79.9. The molecule has 0 radical (unpaired) electrons. The van der Waals surface area contributed by atoms with Crippen LogP contribution < -0.4 is 0 Å². The Morgan fingerprint density at radius 1 is 1.59 bits per heavy atom. The summed E-state index contributed by atoms with van der Waals surface area (Å²) in [5.41, 5.74) is 0.762. The molecule has 2 rings (SSSR count). The summed E-state index contributed by atoms with van der Waals surface area (Å²) in [6.45, 7) is 0. The van der Waals surface area contributed by atoms with E-state index in [2.05, 4.69) is 20.7 Å². The molecule has 0 spiro atoms. The minimum Gasteiger partial charge on any atom is -0.469 e. The van der Waals surface area contributed by atoms with Crippen LogP contribution in [0.15, 0.2) is 16.6 Å². The topological polar surface area (TPSA) is 43.4 Å². The molecule has 1 atom stereocenters. The first kappa shape index (κ1) is 12.2. The maximum atomic E-state index is 13.6. The highest BCUT2D eigenvalue weighted by molar-refractivity contribution is 9.10. The fraction of sp³-hybridized carbons (Fsp3) is 0.333. The summed E-state index contributed by atoms with van der Waals surface area (Å²) in [5, 5.41) is 0. The number of hydrogen-bond acceptors (Lipinski definition) is 3. The van der Waals surface area contributed by atoms with E-state index in [0.717, 1.165) is 0 Å². The zero-order valence-corrected chi connectivity index (χ0v) is 10.7. The van der Waals surface area contributed by atoms with E-state index < -0.39 is 17.7 Å². The normalized spacial score (nSPS) is 18.1. The number of esters is 1. The van der Waals surface area contributed by atoms with E-state index >= 15 is 0 Å². The Hall–Kier alpha value is -1.23. The van der Waals surface area contributed by atoms with Crippen LogP contribution in [0.4, 0.5) is 4.39 Å². The molecular formula is C12H10BrFO3. The first-order chi connectivity index (χ1) is 8.02. The monoisotopic (exact) mass is 300 g/mol. The number of benzene rings is 1. The maximum Gasteiger partial charge on any atom is 0.306 e. The van der Waals surface area contributed by atoms with Gasteiger partial charge in [0.1, 0.15) is 5.82 Å². The molecule has 3 nitrogen and oxygen atoms in total. The molecule has 0 saturated carbocycles. The molecule has 90 valence electrons. The molecule has 5 heteroatoms. The van der Waals surface area contributed by atoms with Gasteiger partial charge < -0.3 is 4.74 Å². The summed E-state index contributed by atoms with van der Waals surface area (Å²) < 4.78 is 18.7. The average molecular weight is 301 g/mol. The van der Waals surface area contributed by atoms with Gasteiger partial charge in [-0.3, -0.25) is 9.59 Å². The first-order valence-electron chi connectivity index (χ1n) is 5.12. The van der Waals surface area contributed by atoms with E-state index in [1.807, 2.05) is 0 Å². The average Bonchev–Trinajstić information content (AvgIpc) is 2.57. The van der Waals surface area contributed by atoms with Crippen molar-refractivity contribution < 1.29 is 18.7 Å². The van der Waals surface area contributed by atoms with Crippen LogP contribution in [0.5, 0.6) is 0 Å². The lowest BCUT2D eigenvalue weighted by Crippen LogP contribution is -2.15. The first-order valence-corrected chi connectivity index (χ1v) is 5.91. The Labute approximate surface area is 106 Å². The van der Waals surface area contributed by atoms with Crippen molar-refractivity contribution in [1.29, 1.82) is 0 Å². The molecule has 0 aromatic heterocycles. The molecule has 0 fully saturated rings. The smallest absolute Gasteiger partial charge is 0.306 e. The third-order valence-electron chi connectivity index (χ3n) is 2.89. The number of Topliss-reactive ketones (excluding diaryl/α,β-unsaturated/α-hetero) is 1. The number of ether oxygens (including phenoxy) is 1. The van der Waals surface area contributed by atoms with Gasteiger partial charge >= 0.3 is 5.97 Å². The van der Waals surface area contributed by atoms with Crippen LogP contribution in [-0.2, 0) is 16.0 Å². The lowest BCUT2D eigenvalue weighted by molar-refractivity contribution is -0.141. The summed E-state index contributed by atoms with van der Waals surface area (Å²) in [4.78, 5) is 23.1. The third kappa shape index (κ3) is 2.24. The van der Waals surface area contributed by atoms with Crippen LogP contribution in [0, 0.1) is 11.7 Å². The second-order valence-electron chi connectivity index (χ2n) is 3.96. The lowest BCUT2D eigenvalue weighted by Gasteiger charge is -2.04. The molecule has 0 bridgehead atoms. The highest BCUT2D eigenvalue weighted by Crippen LogP contribution is 2.33. The predicted octanol–water partition coefficient (Wildman–Crippen LogP) is 2.51. The van der Waals surface area contributed by atoms with Crippen LogP contribution in [0.1, 0.15) is 22.3 Å². The lowest BCUT2D eigenvalue weighted by atomic mass is 10.0. The minimum absolute atomic E-state index is 0.00106. The fourth-order valence-corrected chi connectivity index (χ4v) is 2.47. The van der Waals surface area contributed by atoms with Crippen molar-refractivity contribution >= 4 is 27.7 Å². The number of fused-ring (bicyclic) bond motifs is 1. The molecule has 0 amide bonds. The Morgan fingerprint density at radius 2 is 2.29 bits per heavy atom. The Kier molecular flexibility index (Phi) is 3.28. The quantitative estimate of drug-likeness (QED) is 0.788. The number of rotatable bonds is 2. The molecular weight excluding hydrogens is 291 g/mol. The molecule has 0 heterocycles. The molecule has 0 N–H and O–H groups in total. The van der Waals surface area contributed by atoms with Gasteiger partial charge in [0, 0.05) is 16.0 Å². The highest BCUT2D eigenvalue weighted by Gasteiger charge is 2.34. The Balaban J connectivity index is 2.29. The largest absolute Gasteiger partial charge is 0.469 e. The number of ketones is 1. The van der Waals surface area contributed by atoms with Gasteiger partial charge in [0.2, 0.25) is 0 Å². The van der Waals surface area contributed by atoms with Crippen molar-refractivity contribution in [3.8, 4) is 0 Å². The van der Waals surface area contributed by atoms with Crippen molar-refractivity contribution in [2.45, 2.75) is 12.8 Å². The number of carbonyl (C=O) groups excluding carboxylic acids is 2. The SMILES string of the molecule is COC(=O)CC1Cc2c(F)cc(Br)cc2C1=O. The van der Waals surface area contributed by atoms with Gasteiger partial charge in [0.05, 0.1) is 13.5 Å². The summed E-state index contributed by atoms with van der Waals surface area (Å²) >= 11 is 3.14. The minimum atomic E-state index is -0.499. The van der Waals surface area contributed by atoms with Gasteiger partial charge in [-0.05, 0) is 24.1 Å². The van der Waals surface area contributed by atoms with Gasteiger partial charge in [-0.15, -0.1) is 0 Å².